The molecule has 0 aromatic heterocycles. The highest BCUT2D eigenvalue weighted by molar-refractivity contribution is 5.77. The Morgan fingerprint density at radius 2 is 1.74 bits per heavy atom. The predicted molar refractivity (Wildman–Crippen MR) is 181 cm³/mol. The van der Waals surface area contributed by atoms with E-state index in [9.17, 15) is 14.7 Å². The molecule has 5 fully saturated rings. The maximum absolute atomic E-state index is 14.5. The van der Waals surface area contributed by atoms with Crippen molar-refractivity contribution in [1.29, 1.82) is 0 Å². The second-order valence-corrected chi connectivity index (χ2v) is 16.7. The molecule has 5 aliphatic carbocycles. The second-order valence-electron chi connectivity index (χ2n) is 16.7. The van der Waals surface area contributed by atoms with E-state index in [4.69, 9.17) is 9.47 Å². The van der Waals surface area contributed by atoms with Crippen LogP contribution in [-0.4, -0.2) is 70.7 Å². The minimum Gasteiger partial charge on any atom is -0.483 e. The first-order valence-corrected chi connectivity index (χ1v) is 19.7. The van der Waals surface area contributed by atoms with E-state index in [0.29, 0.717) is 41.9 Å². The summed E-state index contributed by atoms with van der Waals surface area (Å²) in [6.07, 6.45) is 22.0. The topological polar surface area (TPSA) is 79.3 Å². The van der Waals surface area contributed by atoms with E-state index >= 15 is 0 Å². The molecule has 258 valence electrons. The lowest BCUT2D eigenvalue weighted by Gasteiger charge is -2.60. The standard InChI is InChI=1S/C40H58N2O5/c1-26(43)46-35-19-16-29-22-33-31-17-18-32(39-40(31,37(29)38(35)47-39)20-21-41(33)25-30-23-34(30)44)42(24-28-13-6-3-7-14-28)36(45)15-9-8-12-27-10-4-2-5-11-27/h16,19,27-28,30-34,39,44H,2-15,17-18,20-25H2,1H3/t30?,31-,32-,33+,34?,39-,40-/m0/s1. The van der Waals surface area contributed by atoms with Crippen molar-refractivity contribution in [3.63, 3.8) is 0 Å². The van der Waals surface area contributed by atoms with Gasteiger partial charge in [-0.15, -0.1) is 0 Å². The molecule has 2 aliphatic heterocycles. The van der Waals surface area contributed by atoms with Crippen LogP contribution >= 0.6 is 0 Å². The van der Waals surface area contributed by atoms with Crippen LogP contribution in [0.4, 0.5) is 0 Å². The number of aliphatic hydroxyl groups excluding tert-OH is 1. The Kier molecular flexibility index (Phi) is 9.09. The first-order valence-electron chi connectivity index (χ1n) is 19.7. The summed E-state index contributed by atoms with van der Waals surface area (Å²) in [5, 5.41) is 10.2. The SMILES string of the molecule is CC(=O)Oc1ccc2c3c1O[C@H]1[C@@H](N(CC4CCCCC4)C(=O)CCCCC4CCCCC4)CC[C@H]4[C@@H](C2)N(CC2CC2O)CC[C@@]341. The van der Waals surface area contributed by atoms with Gasteiger partial charge < -0.3 is 19.5 Å². The van der Waals surface area contributed by atoms with Crippen LogP contribution < -0.4 is 9.47 Å². The number of likely N-dealkylation sites (tertiary alicyclic amines) is 1. The molecule has 4 saturated carbocycles. The number of hydrogen-bond acceptors (Lipinski definition) is 6. The normalized spacial score (nSPS) is 34.8. The van der Waals surface area contributed by atoms with Crippen molar-refractivity contribution in [3.05, 3.63) is 23.3 Å². The van der Waals surface area contributed by atoms with E-state index in [0.717, 1.165) is 76.2 Å². The lowest BCUT2D eigenvalue weighted by atomic mass is 9.51. The quantitative estimate of drug-likeness (QED) is 0.159. The van der Waals surface area contributed by atoms with Crippen LogP contribution in [0.25, 0.3) is 0 Å². The number of carbonyl (C=O) groups is 2. The van der Waals surface area contributed by atoms with Gasteiger partial charge in [0.25, 0.3) is 0 Å². The zero-order valence-electron chi connectivity index (χ0n) is 28.8. The molecule has 7 nitrogen and oxygen atoms in total. The third-order valence-electron chi connectivity index (χ3n) is 13.9. The van der Waals surface area contributed by atoms with Crippen molar-refractivity contribution in [2.24, 2.45) is 23.7 Å². The first-order chi connectivity index (χ1) is 22.9. The van der Waals surface area contributed by atoms with Gasteiger partial charge in [0.1, 0.15) is 6.10 Å². The van der Waals surface area contributed by atoms with Gasteiger partial charge in [-0.3, -0.25) is 14.5 Å². The lowest BCUT2D eigenvalue weighted by Crippen LogP contribution is -2.69. The van der Waals surface area contributed by atoms with E-state index in [-0.39, 0.29) is 29.6 Å². The fourth-order valence-electron chi connectivity index (χ4n) is 11.5. The monoisotopic (exact) mass is 646 g/mol. The van der Waals surface area contributed by atoms with Gasteiger partial charge in [-0.1, -0.05) is 70.3 Å². The lowest BCUT2D eigenvalue weighted by molar-refractivity contribution is -0.144. The van der Waals surface area contributed by atoms with E-state index in [1.54, 1.807) is 0 Å². The molecule has 7 aliphatic rings. The third kappa shape index (κ3) is 6.04. The maximum Gasteiger partial charge on any atom is 0.308 e. The number of nitrogens with zero attached hydrogens (tertiary/aromatic N) is 2. The summed E-state index contributed by atoms with van der Waals surface area (Å²) in [6.45, 7) is 4.30. The molecule has 1 aromatic rings. The van der Waals surface area contributed by atoms with Crippen molar-refractivity contribution in [3.8, 4) is 11.5 Å². The van der Waals surface area contributed by atoms with E-state index in [1.807, 2.05) is 6.07 Å². The predicted octanol–water partition coefficient (Wildman–Crippen LogP) is 6.95. The van der Waals surface area contributed by atoms with Crippen molar-refractivity contribution in [1.82, 2.24) is 9.80 Å². The van der Waals surface area contributed by atoms with Crippen LogP contribution in [0.2, 0.25) is 0 Å². The van der Waals surface area contributed by atoms with Crippen molar-refractivity contribution < 1.29 is 24.2 Å². The molecule has 7 atom stereocenters. The molecule has 7 heteroatoms. The molecular weight excluding hydrogens is 588 g/mol. The first kappa shape index (κ1) is 32.1. The Labute approximate surface area is 282 Å². The number of amides is 1. The van der Waals surface area contributed by atoms with Crippen molar-refractivity contribution in [2.75, 3.05) is 19.6 Å². The van der Waals surface area contributed by atoms with Gasteiger partial charge >= 0.3 is 5.97 Å². The average molecular weight is 647 g/mol. The number of carbonyl (C=O) groups excluding carboxylic acids is 2. The van der Waals surface area contributed by atoms with E-state index < -0.39 is 0 Å². The zero-order chi connectivity index (χ0) is 32.1. The fourth-order valence-corrected chi connectivity index (χ4v) is 11.5. The number of unbranched alkanes of at least 4 members (excludes halogenated alkanes) is 1. The molecule has 2 bridgehead atoms. The fraction of sp³-hybridized carbons (Fsp3) is 0.800. The number of ether oxygens (including phenoxy) is 2. The van der Waals surface area contributed by atoms with E-state index in [2.05, 4.69) is 15.9 Å². The smallest absolute Gasteiger partial charge is 0.308 e. The van der Waals surface area contributed by atoms with Gasteiger partial charge in [0, 0.05) is 49.4 Å². The van der Waals surface area contributed by atoms with Crippen LogP contribution in [-0.2, 0) is 21.4 Å². The van der Waals surface area contributed by atoms with Crippen LogP contribution in [0, 0.1) is 23.7 Å². The molecule has 1 N–H and O–H groups in total. The largest absolute Gasteiger partial charge is 0.483 e. The van der Waals surface area contributed by atoms with Crippen LogP contribution in [0.15, 0.2) is 12.1 Å². The van der Waals surface area contributed by atoms with Crippen molar-refractivity contribution >= 4 is 11.9 Å². The van der Waals surface area contributed by atoms with Crippen LogP contribution in [0.1, 0.15) is 134 Å². The number of hydrogen-bond donors (Lipinski definition) is 1. The summed E-state index contributed by atoms with van der Waals surface area (Å²) in [7, 11) is 0. The molecule has 1 spiro atoms. The maximum atomic E-state index is 14.5. The summed E-state index contributed by atoms with van der Waals surface area (Å²) in [4.78, 5) is 31.7. The molecule has 2 unspecified atom stereocenters. The van der Waals surface area contributed by atoms with Crippen molar-refractivity contribution in [2.45, 2.75) is 159 Å². The number of rotatable bonds is 11. The highest BCUT2D eigenvalue weighted by atomic mass is 16.6. The molecule has 1 amide bonds. The second kappa shape index (κ2) is 13.3. The number of aliphatic hydroxyl groups is 1. The molecular formula is C40H58N2O5. The minimum absolute atomic E-state index is 0.0417. The highest BCUT2D eigenvalue weighted by Gasteiger charge is 2.67. The molecule has 0 radical (unpaired) electrons. The molecule has 1 aromatic carbocycles. The Morgan fingerprint density at radius 1 is 1.00 bits per heavy atom. The Bertz CT molecular complexity index is 1320. The third-order valence-corrected chi connectivity index (χ3v) is 13.9. The molecule has 8 rings (SSSR count). The Hall–Kier alpha value is -2.12. The highest BCUT2D eigenvalue weighted by Crippen LogP contribution is 2.64. The Balaban J connectivity index is 1.09. The van der Waals surface area contributed by atoms with Gasteiger partial charge in [-0.05, 0) is 87.3 Å². The molecule has 47 heavy (non-hydrogen) atoms. The molecule has 1 saturated heterocycles. The Morgan fingerprint density at radius 3 is 2.47 bits per heavy atom. The van der Waals surface area contributed by atoms with Gasteiger partial charge in [-0.2, -0.15) is 0 Å². The summed E-state index contributed by atoms with van der Waals surface area (Å²) in [5.74, 6) is 3.63. The van der Waals surface area contributed by atoms with Crippen LogP contribution in [0.3, 0.4) is 0 Å². The van der Waals surface area contributed by atoms with E-state index in [1.165, 1.54) is 88.7 Å². The van der Waals surface area contributed by atoms with Gasteiger partial charge in [0.05, 0.1) is 12.1 Å². The average Bonchev–Trinajstić information content (AvgIpc) is 3.66. The van der Waals surface area contributed by atoms with Crippen LogP contribution in [0.5, 0.6) is 11.5 Å². The summed E-state index contributed by atoms with van der Waals surface area (Å²) < 4.78 is 13.0. The van der Waals surface area contributed by atoms with Gasteiger partial charge in [-0.25, -0.2) is 0 Å². The summed E-state index contributed by atoms with van der Waals surface area (Å²) in [6, 6.07) is 4.59. The number of benzene rings is 1. The number of piperidine rings is 1. The molecule has 2 heterocycles. The number of esters is 1. The summed E-state index contributed by atoms with van der Waals surface area (Å²) >= 11 is 0. The van der Waals surface area contributed by atoms with Gasteiger partial charge in [0.15, 0.2) is 11.5 Å². The minimum atomic E-state index is -0.320. The zero-order valence-corrected chi connectivity index (χ0v) is 28.8. The summed E-state index contributed by atoms with van der Waals surface area (Å²) in [5.41, 5.74) is 2.45. The van der Waals surface area contributed by atoms with Gasteiger partial charge in [0.2, 0.25) is 5.91 Å².